The van der Waals surface area contributed by atoms with E-state index >= 15 is 0 Å². The van der Waals surface area contributed by atoms with Gasteiger partial charge in [0.25, 0.3) is 0 Å². The number of hydrogen-bond donors (Lipinski definition) is 2. The van der Waals surface area contributed by atoms with Crippen LogP contribution in [0.25, 0.3) is 21.8 Å². The molecule has 2 N–H and O–H groups in total. The molecule has 0 spiro atoms. The summed E-state index contributed by atoms with van der Waals surface area (Å²) in [7, 11) is 0. The molecule has 13 nitrogen and oxygen atoms in total. The molecule has 0 amide bonds. The molecule has 4 aromatic rings. The molecule has 7 rings (SSSR count). The second kappa shape index (κ2) is 22.2. The van der Waals surface area contributed by atoms with Crippen molar-refractivity contribution in [1.29, 1.82) is 0 Å². The van der Waals surface area contributed by atoms with E-state index in [4.69, 9.17) is 18.9 Å². The smallest absolute Gasteiger partial charge is 0.320 e. The van der Waals surface area contributed by atoms with Crippen LogP contribution in [0.1, 0.15) is 25.8 Å². The average molecular weight is 745 g/mol. The molecule has 2 aromatic carbocycles. The number of aromatic nitrogens is 2. The molecular weight excluding hydrogens is 688 g/mol. The highest BCUT2D eigenvalue weighted by Gasteiger charge is 2.23. The number of aliphatic hydroxyl groups is 1. The maximum Gasteiger partial charge on any atom is 0.320 e. The second-order valence-electron chi connectivity index (χ2n) is 13.5. The molecule has 0 unspecified atom stereocenters. The molecule has 0 bridgehead atoms. The quantitative estimate of drug-likeness (QED) is 0.144. The van der Waals surface area contributed by atoms with Crippen LogP contribution >= 0.6 is 0 Å². The van der Waals surface area contributed by atoms with Gasteiger partial charge in [-0.15, -0.1) is 0 Å². The van der Waals surface area contributed by atoms with E-state index in [2.05, 4.69) is 54.2 Å². The largest absolute Gasteiger partial charge is 0.490 e. The Morgan fingerprint density at radius 1 is 0.796 bits per heavy atom. The van der Waals surface area contributed by atoms with Gasteiger partial charge >= 0.3 is 11.9 Å². The third-order valence-electron chi connectivity index (χ3n) is 9.37. The van der Waals surface area contributed by atoms with Gasteiger partial charge in [0.1, 0.15) is 18.5 Å². The Balaban J connectivity index is 0.000000174. The molecule has 3 fully saturated rings. The number of carbonyl (C=O) groups excluding carboxylic acids is 2. The Bertz CT molecular complexity index is 1720. The fourth-order valence-electron chi connectivity index (χ4n) is 6.45. The van der Waals surface area contributed by atoms with Crippen LogP contribution in [0.4, 0.5) is 0 Å². The standard InChI is InChI=1S/C20H27N3O4.C13H13NO.C8H16N2O2/c1-2-26-20(25)14-23-11-9-22(10-12-23)13-16(24)15-27-19-7-3-6-18-17(19)5-4-8-21-18;1-3-10(6-7-11-9-15-11)12-4-2-8-14-13(12)5-1;1-2-12-8(11)7-10-5-3-9-4-6-10/h3-8,16,24H,2,9-15H2,1H3;1-5,8,11H,6-7,9H2;9H,2-7H2,1H3/t16-;11-;/m11./s1. The molecular formula is C41H56N6O7. The number of β-amino-alcohol motifs (C(OH)–C–C–N with tert-alkyl or cyclic N) is 1. The third kappa shape index (κ3) is 13.9. The predicted octanol–water partition coefficient (Wildman–Crippen LogP) is 3.18. The van der Waals surface area contributed by atoms with Crippen molar-refractivity contribution in [2.24, 2.45) is 0 Å². The summed E-state index contributed by atoms with van der Waals surface area (Å²) in [5.74, 6) is 0.447. The van der Waals surface area contributed by atoms with Crippen LogP contribution in [0.2, 0.25) is 0 Å². The lowest BCUT2D eigenvalue weighted by Crippen LogP contribution is -2.50. The topological polar surface area (TPSA) is 142 Å². The lowest BCUT2D eigenvalue weighted by atomic mass is 10.0. The number of nitrogens with zero attached hydrogens (tertiary/aromatic N) is 5. The highest BCUT2D eigenvalue weighted by Crippen LogP contribution is 2.24. The van der Waals surface area contributed by atoms with Gasteiger partial charge in [0, 0.05) is 82.1 Å². The zero-order valence-electron chi connectivity index (χ0n) is 31.7. The predicted molar refractivity (Wildman–Crippen MR) is 209 cm³/mol. The molecule has 13 heteroatoms. The third-order valence-corrected chi connectivity index (χ3v) is 9.37. The Labute approximate surface area is 318 Å². The van der Waals surface area contributed by atoms with E-state index in [0.717, 1.165) is 94.0 Å². The number of carbonyl (C=O) groups is 2. The number of esters is 2. The Morgan fingerprint density at radius 3 is 2.00 bits per heavy atom. The van der Waals surface area contributed by atoms with E-state index in [1.165, 1.54) is 10.9 Å². The number of aliphatic hydroxyl groups excluding tert-OH is 1. The Kier molecular flexibility index (Phi) is 16.8. The number of nitrogens with one attached hydrogen (secondary N) is 1. The molecule has 3 saturated heterocycles. The van der Waals surface area contributed by atoms with Gasteiger partial charge in [-0.3, -0.25) is 34.3 Å². The average Bonchev–Trinajstić information content (AvgIpc) is 4.03. The summed E-state index contributed by atoms with van der Waals surface area (Å²) in [6.07, 6.45) is 5.76. The van der Waals surface area contributed by atoms with Crippen LogP contribution < -0.4 is 10.1 Å². The number of ether oxygens (including phenoxy) is 4. The zero-order chi connectivity index (χ0) is 38.0. The number of hydrogen-bond acceptors (Lipinski definition) is 13. The van der Waals surface area contributed by atoms with Gasteiger partial charge in [0.2, 0.25) is 0 Å². The number of piperazine rings is 2. The van der Waals surface area contributed by atoms with Gasteiger partial charge in [-0.1, -0.05) is 24.3 Å². The van der Waals surface area contributed by atoms with Crippen LogP contribution in [-0.4, -0.2) is 152 Å². The summed E-state index contributed by atoms with van der Waals surface area (Å²) in [6.45, 7) is 14.1. The monoisotopic (exact) mass is 744 g/mol. The minimum absolute atomic E-state index is 0.112. The zero-order valence-corrected chi connectivity index (χ0v) is 31.7. The summed E-state index contributed by atoms with van der Waals surface area (Å²) >= 11 is 0. The van der Waals surface area contributed by atoms with Crippen molar-refractivity contribution in [2.75, 3.05) is 98.4 Å². The van der Waals surface area contributed by atoms with Crippen molar-refractivity contribution in [3.63, 3.8) is 0 Å². The normalized spacial score (nSPS) is 18.1. The van der Waals surface area contributed by atoms with Crippen LogP contribution in [0, 0.1) is 0 Å². The van der Waals surface area contributed by atoms with E-state index in [0.29, 0.717) is 39.0 Å². The number of fused-ring (bicyclic) bond motifs is 2. The Morgan fingerprint density at radius 2 is 1.37 bits per heavy atom. The van der Waals surface area contributed by atoms with Crippen molar-refractivity contribution in [1.82, 2.24) is 30.0 Å². The molecule has 5 heterocycles. The van der Waals surface area contributed by atoms with Gasteiger partial charge in [0.15, 0.2) is 0 Å². The second-order valence-corrected chi connectivity index (χ2v) is 13.5. The molecule has 0 saturated carbocycles. The van der Waals surface area contributed by atoms with E-state index in [1.807, 2.05) is 56.4 Å². The molecule has 0 aliphatic carbocycles. The molecule has 0 radical (unpaired) electrons. The van der Waals surface area contributed by atoms with Gasteiger partial charge in [-0.25, -0.2) is 0 Å². The van der Waals surface area contributed by atoms with Crippen molar-refractivity contribution < 1.29 is 33.6 Å². The van der Waals surface area contributed by atoms with Crippen LogP contribution in [-0.2, 0) is 30.2 Å². The van der Waals surface area contributed by atoms with Gasteiger partial charge in [-0.2, -0.15) is 0 Å². The van der Waals surface area contributed by atoms with Gasteiger partial charge < -0.3 is 29.4 Å². The van der Waals surface area contributed by atoms with Crippen molar-refractivity contribution in [3.8, 4) is 5.75 Å². The van der Waals surface area contributed by atoms with E-state index in [-0.39, 0.29) is 18.5 Å². The van der Waals surface area contributed by atoms with Crippen molar-refractivity contribution in [3.05, 3.63) is 78.6 Å². The molecule has 3 aliphatic heterocycles. The highest BCUT2D eigenvalue weighted by atomic mass is 16.6. The van der Waals surface area contributed by atoms with Crippen molar-refractivity contribution in [2.45, 2.75) is 38.9 Å². The number of rotatable bonds is 14. The summed E-state index contributed by atoms with van der Waals surface area (Å²) in [4.78, 5) is 37.6. The minimum atomic E-state index is -0.575. The molecule has 54 heavy (non-hydrogen) atoms. The van der Waals surface area contributed by atoms with Gasteiger partial charge in [0.05, 0.1) is 50.0 Å². The number of benzene rings is 2. The molecule has 292 valence electrons. The first-order valence-corrected chi connectivity index (χ1v) is 19.2. The van der Waals surface area contributed by atoms with E-state index < -0.39 is 6.10 Å². The fourth-order valence-corrected chi connectivity index (χ4v) is 6.45. The molecule has 2 aromatic heterocycles. The Hall–Kier alpha value is -4.24. The highest BCUT2D eigenvalue weighted by molar-refractivity contribution is 5.85. The van der Waals surface area contributed by atoms with Crippen LogP contribution in [0.15, 0.2) is 73.1 Å². The lowest BCUT2D eigenvalue weighted by Gasteiger charge is -2.34. The summed E-state index contributed by atoms with van der Waals surface area (Å²) in [5, 5.41) is 15.8. The first-order chi connectivity index (χ1) is 26.4. The minimum Gasteiger partial charge on any atom is -0.490 e. The van der Waals surface area contributed by atoms with Gasteiger partial charge in [-0.05, 0) is 68.7 Å². The summed E-state index contributed by atoms with van der Waals surface area (Å²) < 4.78 is 20.9. The first kappa shape index (κ1) is 40.9. The number of pyridine rings is 2. The number of epoxide rings is 1. The lowest BCUT2D eigenvalue weighted by molar-refractivity contribution is -0.145. The first-order valence-electron chi connectivity index (χ1n) is 19.2. The van der Waals surface area contributed by atoms with Crippen molar-refractivity contribution >= 4 is 33.7 Å². The molecule has 3 aliphatic rings. The van der Waals surface area contributed by atoms with Crippen LogP contribution in [0.3, 0.4) is 0 Å². The van der Waals surface area contributed by atoms with E-state index in [9.17, 15) is 14.7 Å². The SMILES string of the molecule is CCOC(=O)CN1CCN(C[C@@H](O)COc2cccc3ncccc23)CC1.CCOC(=O)CN1CCNCC1.c1cc(CC[C@@H]2CO2)c2cccnc2c1. The van der Waals surface area contributed by atoms with Crippen LogP contribution in [0.5, 0.6) is 5.75 Å². The maximum absolute atomic E-state index is 11.5. The summed E-state index contributed by atoms with van der Waals surface area (Å²) in [6, 6.07) is 20.1. The van der Waals surface area contributed by atoms with E-state index in [1.54, 1.807) is 6.20 Å². The maximum atomic E-state index is 11.5. The molecule has 2 atom stereocenters. The summed E-state index contributed by atoms with van der Waals surface area (Å²) in [5.41, 5.74) is 3.35. The number of aryl methyl sites for hydroxylation is 1. The fraction of sp³-hybridized carbons (Fsp3) is 0.512.